The Labute approximate surface area is 131 Å². The van der Waals surface area contributed by atoms with E-state index in [1.807, 2.05) is 12.1 Å². The van der Waals surface area contributed by atoms with Gasteiger partial charge in [0.1, 0.15) is 5.75 Å². The summed E-state index contributed by atoms with van der Waals surface area (Å²) < 4.78 is 8.38. The van der Waals surface area contributed by atoms with Crippen molar-refractivity contribution in [2.75, 3.05) is 7.11 Å². The maximum Gasteiger partial charge on any atom is 0.178 e. The lowest BCUT2D eigenvalue weighted by molar-refractivity contribution is 0.248. The van der Waals surface area contributed by atoms with Crippen LogP contribution in [-0.2, 0) is 6.54 Å². The van der Waals surface area contributed by atoms with Crippen LogP contribution in [0.15, 0.2) is 18.2 Å². The van der Waals surface area contributed by atoms with E-state index in [1.165, 1.54) is 37.6 Å². The second kappa shape index (κ2) is 6.22. The van der Waals surface area contributed by atoms with Crippen molar-refractivity contribution in [1.82, 2.24) is 9.55 Å². The third-order valence-corrected chi connectivity index (χ3v) is 5.29. The molecule has 0 spiro atoms. The molecule has 114 valence electrons. The molecule has 1 saturated carbocycles. The summed E-state index contributed by atoms with van der Waals surface area (Å²) in [6, 6.07) is 6.14. The van der Waals surface area contributed by atoms with Crippen LogP contribution >= 0.6 is 12.2 Å². The van der Waals surface area contributed by atoms with Gasteiger partial charge in [-0.25, -0.2) is 0 Å². The Bertz CT molecular complexity index is 665. The van der Waals surface area contributed by atoms with Crippen LogP contribution in [0.5, 0.6) is 5.75 Å². The predicted octanol–water partition coefficient (Wildman–Crippen LogP) is 4.92. The standard InChI is InChI=1S/C17H24N2OS/c1-3-12-4-6-13(7-5-12)11-19-16-9-8-14(20-2)10-15(16)18-17(19)21/h8-10,12-13H,3-7,11H2,1-2H3,(H,18,21). The van der Waals surface area contributed by atoms with Gasteiger partial charge in [0.05, 0.1) is 18.1 Å². The first-order valence-electron chi connectivity index (χ1n) is 7.97. The van der Waals surface area contributed by atoms with E-state index in [2.05, 4.69) is 22.5 Å². The van der Waals surface area contributed by atoms with Gasteiger partial charge < -0.3 is 14.3 Å². The number of hydrogen-bond acceptors (Lipinski definition) is 2. The molecule has 3 nitrogen and oxygen atoms in total. The maximum atomic E-state index is 5.51. The Morgan fingerprint density at radius 2 is 1.95 bits per heavy atom. The maximum absolute atomic E-state index is 5.51. The molecule has 1 aliphatic rings. The molecule has 1 aliphatic carbocycles. The zero-order chi connectivity index (χ0) is 14.8. The van der Waals surface area contributed by atoms with E-state index in [0.717, 1.165) is 34.4 Å². The zero-order valence-electron chi connectivity index (χ0n) is 12.9. The van der Waals surface area contributed by atoms with Gasteiger partial charge in [-0.15, -0.1) is 0 Å². The van der Waals surface area contributed by atoms with Crippen LogP contribution in [0.1, 0.15) is 39.0 Å². The third kappa shape index (κ3) is 3.00. The summed E-state index contributed by atoms with van der Waals surface area (Å²) in [6.45, 7) is 3.36. The topological polar surface area (TPSA) is 29.9 Å². The Morgan fingerprint density at radius 1 is 1.24 bits per heavy atom. The van der Waals surface area contributed by atoms with E-state index in [-0.39, 0.29) is 0 Å². The quantitative estimate of drug-likeness (QED) is 0.812. The summed E-state index contributed by atoms with van der Waals surface area (Å²) in [5, 5.41) is 0. The Balaban J connectivity index is 1.81. The molecule has 1 aromatic carbocycles. The number of H-pyrrole nitrogens is 1. The Hall–Kier alpha value is -1.29. The molecule has 1 aromatic heterocycles. The van der Waals surface area contributed by atoms with E-state index in [9.17, 15) is 0 Å². The van der Waals surface area contributed by atoms with Crippen molar-refractivity contribution in [3.63, 3.8) is 0 Å². The van der Waals surface area contributed by atoms with E-state index in [4.69, 9.17) is 17.0 Å². The molecule has 0 bridgehead atoms. The second-order valence-electron chi connectivity index (χ2n) is 6.22. The number of aromatic nitrogens is 2. The molecule has 1 fully saturated rings. The molecule has 1 N–H and O–H groups in total. The highest BCUT2D eigenvalue weighted by atomic mass is 32.1. The van der Waals surface area contributed by atoms with Crippen LogP contribution in [0.25, 0.3) is 11.0 Å². The van der Waals surface area contributed by atoms with E-state index in [1.54, 1.807) is 7.11 Å². The Kier molecular flexibility index (Phi) is 4.34. The SMILES string of the molecule is CCC1CCC(Cn2c(=S)[nH]c3cc(OC)ccc32)CC1. The molecule has 21 heavy (non-hydrogen) atoms. The average Bonchev–Trinajstić information content (AvgIpc) is 2.83. The number of rotatable bonds is 4. The highest BCUT2D eigenvalue weighted by molar-refractivity contribution is 7.71. The van der Waals surface area contributed by atoms with Crippen LogP contribution < -0.4 is 4.74 Å². The number of methoxy groups -OCH3 is 1. The van der Waals surface area contributed by atoms with Gasteiger partial charge in [0.2, 0.25) is 0 Å². The van der Waals surface area contributed by atoms with Crippen molar-refractivity contribution in [3.8, 4) is 5.75 Å². The van der Waals surface area contributed by atoms with Gasteiger partial charge in [0.15, 0.2) is 4.77 Å². The van der Waals surface area contributed by atoms with E-state index < -0.39 is 0 Å². The third-order valence-electron chi connectivity index (χ3n) is 4.97. The fourth-order valence-corrected chi connectivity index (χ4v) is 3.81. The van der Waals surface area contributed by atoms with E-state index in [0.29, 0.717) is 0 Å². The first kappa shape index (κ1) is 14.6. The lowest BCUT2D eigenvalue weighted by atomic mass is 9.81. The number of nitrogens with zero attached hydrogens (tertiary/aromatic N) is 1. The molecule has 0 saturated heterocycles. The molecule has 0 amide bonds. The summed E-state index contributed by atoms with van der Waals surface area (Å²) in [5.74, 6) is 2.58. The minimum atomic E-state index is 0.764. The molecule has 2 aromatic rings. The molecule has 0 unspecified atom stereocenters. The summed E-state index contributed by atoms with van der Waals surface area (Å²) in [5.41, 5.74) is 2.26. The van der Waals surface area contributed by atoms with Crippen molar-refractivity contribution in [2.24, 2.45) is 11.8 Å². The number of imidazole rings is 1. The van der Waals surface area contributed by atoms with Gasteiger partial charge in [-0.05, 0) is 49.0 Å². The lowest BCUT2D eigenvalue weighted by Crippen LogP contribution is -2.18. The van der Waals surface area contributed by atoms with Gasteiger partial charge in [0, 0.05) is 12.6 Å². The second-order valence-corrected chi connectivity index (χ2v) is 6.61. The monoisotopic (exact) mass is 304 g/mol. The van der Waals surface area contributed by atoms with Crippen molar-refractivity contribution < 1.29 is 4.74 Å². The van der Waals surface area contributed by atoms with Crippen LogP contribution in [0.3, 0.4) is 0 Å². The summed E-state index contributed by atoms with van der Waals surface area (Å²) in [6.07, 6.45) is 6.76. The molecule has 3 rings (SSSR count). The number of ether oxygens (including phenoxy) is 1. The molecule has 4 heteroatoms. The number of benzene rings is 1. The molecule has 0 atom stereocenters. The summed E-state index contributed by atoms with van der Waals surface area (Å²) in [4.78, 5) is 3.31. The molecular formula is C17H24N2OS. The predicted molar refractivity (Wildman–Crippen MR) is 89.4 cm³/mol. The van der Waals surface area contributed by atoms with Crippen LogP contribution in [0.2, 0.25) is 0 Å². The lowest BCUT2D eigenvalue weighted by Gasteiger charge is -2.28. The van der Waals surface area contributed by atoms with Crippen molar-refractivity contribution >= 4 is 23.3 Å². The van der Waals surface area contributed by atoms with Gasteiger partial charge in [-0.2, -0.15) is 0 Å². The van der Waals surface area contributed by atoms with E-state index >= 15 is 0 Å². The van der Waals surface area contributed by atoms with Crippen molar-refractivity contribution in [3.05, 3.63) is 23.0 Å². The van der Waals surface area contributed by atoms with Gasteiger partial charge in [-0.3, -0.25) is 0 Å². The molecule has 0 aliphatic heterocycles. The fourth-order valence-electron chi connectivity index (χ4n) is 3.53. The first-order chi connectivity index (χ1) is 10.2. The molecular weight excluding hydrogens is 280 g/mol. The number of hydrogen-bond donors (Lipinski definition) is 1. The number of aromatic amines is 1. The fraction of sp³-hybridized carbons (Fsp3) is 0.588. The van der Waals surface area contributed by atoms with Gasteiger partial charge in [0.25, 0.3) is 0 Å². The highest BCUT2D eigenvalue weighted by Crippen LogP contribution is 2.32. The average molecular weight is 304 g/mol. The van der Waals surface area contributed by atoms with Crippen LogP contribution in [-0.4, -0.2) is 16.7 Å². The van der Waals surface area contributed by atoms with Crippen molar-refractivity contribution in [2.45, 2.75) is 45.6 Å². The highest BCUT2D eigenvalue weighted by Gasteiger charge is 2.21. The number of fused-ring (bicyclic) bond motifs is 1. The normalized spacial score (nSPS) is 22.6. The minimum Gasteiger partial charge on any atom is -0.497 e. The number of nitrogens with one attached hydrogen (secondary N) is 1. The summed E-state index contributed by atoms with van der Waals surface area (Å²) >= 11 is 5.51. The molecule has 1 heterocycles. The Morgan fingerprint density at radius 3 is 2.62 bits per heavy atom. The van der Waals surface area contributed by atoms with Crippen molar-refractivity contribution in [1.29, 1.82) is 0 Å². The smallest absolute Gasteiger partial charge is 0.178 e. The van der Waals surface area contributed by atoms with Crippen LogP contribution in [0.4, 0.5) is 0 Å². The van der Waals surface area contributed by atoms with Crippen LogP contribution in [0, 0.1) is 16.6 Å². The molecule has 0 radical (unpaired) electrons. The largest absolute Gasteiger partial charge is 0.497 e. The van der Waals surface area contributed by atoms with Gasteiger partial charge >= 0.3 is 0 Å². The van der Waals surface area contributed by atoms with Gasteiger partial charge in [-0.1, -0.05) is 26.2 Å². The summed E-state index contributed by atoms with van der Waals surface area (Å²) in [7, 11) is 1.69. The first-order valence-corrected chi connectivity index (χ1v) is 8.38. The minimum absolute atomic E-state index is 0.764. The zero-order valence-corrected chi connectivity index (χ0v) is 13.7.